The van der Waals surface area contributed by atoms with Crippen molar-refractivity contribution in [3.63, 3.8) is 0 Å². The minimum absolute atomic E-state index is 0.116. The SMILES string of the molecule is Cc1noc(C)c1CN(C)C(=O)NC(C)c1ccc(OCC(F)(F)F)cc1. The number of aryl methyl sites for hydroxylation is 2. The van der Waals surface area contributed by atoms with Crippen LogP contribution in [0.15, 0.2) is 28.8 Å². The Morgan fingerprint density at radius 3 is 2.44 bits per heavy atom. The van der Waals surface area contributed by atoms with E-state index in [2.05, 4.69) is 15.2 Å². The molecule has 0 radical (unpaired) electrons. The Morgan fingerprint density at radius 2 is 1.93 bits per heavy atom. The molecule has 2 aromatic rings. The summed E-state index contributed by atoms with van der Waals surface area (Å²) in [4.78, 5) is 13.9. The van der Waals surface area contributed by atoms with Crippen LogP contribution in [0, 0.1) is 13.8 Å². The van der Waals surface area contributed by atoms with Crippen molar-refractivity contribution >= 4 is 6.03 Å². The zero-order valence-electron chi connectivity index (χ0n) is 15.6. The largest absolute Gasteiger partial charge is 0.484 e. The van der Waals surface area contributed by atoms with Gasteiger partial charge in [0.15, 0.2) is 6.61 Å². The summed E-state index contributed by atoms with van der Waals surface area (Å²) in [6.07, 6.45) is -4.38. The van der Waals surface area contributed by atoms with Gasteiger partial charge < -0.3 is 19.5 Å². The molecule has 0 saturated carbocycles. The number of carbonyl (C=O) groups excluding carboxylic acids is 1. The normalized spacial score (nSPS) is 12.6. The topological polar surface area (TPSA) is 67.6 Å². The van der Waals surface area contributed by atoms with Gasteiger partial charge in [-0.15, -0.1) is 0 Å². The third kappa shape index (κ3) is 5.90. The zero-order chi connectivity index (χ0) is 20.2. The summed E-state index contributed by atoms with van der Waals surface area (Å²) in [6.45, 7) is 4.39. The van der Waals surface area contributed by atoms with Gasteiger partial charge in [-0.05, 0) is 38.5 Å². The number of amides is 2. The Balaban J connectivity index is 1.91. The Hall–Kier alpha value is -2.71. The van der Waals surface area contributed by atoms with Crippen LogP contribution in [0.4, 0.5) is 18.0 Å². The molecule has 0 saturated heterocycles. The fraction of sp³-hybridized carbons (Fsp3) is 0.444. The summed E-state index contributed by atoms with van der Waals surface area (Å²) in [5.41, 5.74) is 2.33. The van der Waals surface area contributed by atoms with Gasteiger partial charge in [-0.1, -0.05) is 17.3 Å². The standard InChI is InChI=1S/C18H22F3N3O3/c1-11(14-5-7-15(8-6-14)26-10-18(19,20)21)22-17(25)24(4)9-16-12(2)23-27-13(16)3/h5-8,11H,9-10H2,1-4H3,(H,22,25). The first-order valence-corrected chi connectivity index (χ1v) is 8.29. The molecule has 1 atom stereocenters. The molecular formula is C18H22F3N3O3. The predicted molar refractivity (Wildman–Crippen MR) is 92.4 cm³/mol. The lowest BCUT2D eigenvalue weighted by Crippen LogP contribution is -2.38. The molecule has 1 aromatic carbocycles. The molecule has 0 fully saturated rings. The highest BCUT2D eigenvalue weighted by Crippen LogP contribution is 2.21. The van der Waals surface area contributed by atoms with Gasteiger partial charge in [-0.2, -0.15) is 13.2 Å². The number of aromatic nitrogens is 1. The number of halogens is 3. The van der Waals surface area contributed by atoms with E-state index in [1.807, 2.05) is 6.92 Å². The van der Waals surface area contributed by atoms with Gasteiger partial charge in [-0.3, -0.25) is 0 Å². The van der Waals surface area contributed by atoms with Crippen LogP contribution in [0.1, 0.15) is 35.5 Å². The summed E-state index contributed by atoms with van der Waals surface area (Å²) in [6, 6.07) is 5.49. The summed E-state index contributed by atoms with van der Waals surface area (Å²) in [7, 11) is 1.65. The van der Waals surface area contributed by atoms with Crippen LogP contribution < -0.4 is 10.1 Å². The summed E-state index contributed by atoms with van der Waals surface area (Å²) in [5.74, 6) is 0.778. The molecule has 1 N–H and O–H groups in total. The van der Waals surface area contributed by atoms with Gasteiger partial charge in [-0.25, -0.2) is 4.79 Å². The second-order valence-electron chi connectivity index (χ2n) is 6.30. The van der Waals surface area contributed by atoms with Gasteiger partial charge in [0.05, 0.1) is 18.3 Å². The van der Waals surface area contributed by atoms with E-state index in [4.69, 9.17) is 4.52 Å². The molecule has 2 amide bonds. The molecule has 1 unspecified atom stereocenters. The van der Waals surface area contributed by atoms with Crippen molar-refractivity contribution in [2.24, 2.45) is 0 Å². The third-order valence-electron chi connectivity index (χ3n) is 4.05. The predicted octanol–water partition coefficient (Wildman–Crippen LogP) is 4.14. The number of ether oxygens (including phenoxy) is 1. The summed E-state index contributed by atoms with van der Waals surface area (Å²) < 4.78 is 46.3. The highest BCUT2D eigenvalue weighted by atomic mass is 19.4. The van der Waals surface area contributed by atoms with Crippen LogP contribution in [0.3, 0.4) is 0 Å². The number of urea groups is 1. The molecule has 0 spiro atoms. The molecule has 1 aromatic heterocycles. The fourth-order valence-corrected chi connectivity index (χ4v) is 2.43. The average molecular weight is 385 g/mol. The van der Waals surface area contributed by atoms with Gasteiger partial charge in [0, 0.05) is 12.6 Å². The van der Waals surface area contributed by atoms with Gasteiger partial charge in [0.25, 0.3) is 0 Å². The highest BCUT2D eigenvalue weighted by molar-refractivity contribution is 5.74. The van der Waals surface area contributed by atoms with E-state index in [9.17, 15) is 18.0 Å². The first kappa shape index (κ1) is 20.6. The number of rotatable bonds is 6. The minimum Gasteiger partial charge on any atom is -0.484 e. The lowest BCUT2D eigenvalue weighted by Gasteiger charge is -2.21. The highest BCUT2D eigenvalue weighted by Gasteiger charge is 2.28. The van der Waals surface area contributed by atoms with Crippen molar-refractivity contribution < 1.29 is 27.2 Å². The van der Waals surface area contributed by atoms with E-state index in [0.29, 0.717) is 12.3 Å². The van der Waals surface area contributed by atoms with Crippen LogP contribution in [-0.2, 0) is 6.54 Å². The number of hydrogen-bond donors (Lipinski definition) is 1. The van der Waals surface area contributed by atoms with E-state index >= 15 is 0 Å². The number of alkyl halides is 3. The van der Waals surface area contributed by atoms with E-state index in [1.165, 1.54) is 17.0 Å². The maximum atomic E-state index is 12.4. The molecule has 1 heterocycles. The molecule has 0 bridgehead atoms. The molecule has 6 nitrogen and oxygen atoms in total. The second-order valence-corrected chi connectivity index (χ2v) is 6.30. The lowest BCUT2D eigenvalue weighted by atomic mass is 10.1. The van der Waals surface area contributed by atoms with Crippen molar-refractivity contribution in [2.75, 3.05) is 13.7 Å². The van der Waals surface area contributed by atoms with Gasteiger partial charge in [0.1, 0.15) is 11.5 Å². The van der Waals surface area contributed by atoms with Crippen molar-refractivity contribution in [1.82, 2.24) is 15.4 Å². The van der Waals surface area contributed by atoms with Crippen LogP contribution in [-0.4, -0.2) is 35.9 Å². The summed E-state index contributed by atoms with van der Waals surface area (Å²) >= 11 is 0. The molecule has 27 heavy (non-hydrogen) atoms. The Morgan fingerprint density at radius 1 is 1.30 bits per heavy atom. The molecule has 0 aliphatic rings. The van der Waals surface area contributed by atoms with E-state index in [-0.39, 0.29) is 17.8 Å². The Kier molecular flexibility index (Phi) is 6.35. The minimum atomic E-state index is -4.38. The monoisotopic (exact) mass is 385 g/mol. The first-order chi connectivity index (χ1) is 12.6. The van der Waals surface area contributed by atoms with E-state index < -0.39 is 12.8 Å². The average Bonchev–Trinajstić information content (AvgIpc) is 2.91. The second kappa shape index (κ2) is 8.32. The third-order valence-corrected chi connectivity index (χ3v) is 4.05. The van der Waals surface area contributed by atoms with Gasteiger partial charge in [0.2, 0.25) is 0 Å². The smallest absolute Gasteiger partial charge is 0.422 e. The van der Waals surface area contributed by atoms with Gasteiger partial charge >= 0.3 is 12.2 Å². The molecular weight excluding hydrogens is 363 g/mol. The molecule has 9 heteroatoms. The van der Waals surface area contributed by atoms with Crippen molar-refractivity contribution in [3.8, 4) is 5.75 Å². The molecule has 0 aliphatic heterocycles. The number of hydrogen-bond acceptors (Lipinski definition) is 4. The van der Waals surface area contributed by atoms with Crippen LogP contribution >= 0.6 is 0 Å². The van der Waals surface area contributed by atoms with Crippen LogP contribution in [0.5, 0.6) is 5.75 Å². The van der Waals surface area contributed by atoms with Crippen molar-refractivity contribution in [3.05, 3.63) is 46.8 Å². The number of nitrogens with zero attached hydrogens (tertiary/aromatic N) is 2. The fourth-order valence-electron chi connectivity index (χ4n) is 2.43. The number of carbonyl (C=O) groups is 1. The van der Waals surface area contributed by atoms with Crippen molar-refractivity contribution in [1.29, 1.82) is 0 Å². The van der Waals surface area contributed by atoms with E-state index in [1.54, 1.807) is 33.0 Å². The molecule has 0 aliphatic carbocycles. The summed E-state index contributed by atoms with van der Waals surface area (Å²) in [5, 5.41) is 6.70. The van der Waals surface area contributed by atoms with E-state index in [0.717, 1.165) is 16.8 Å². The molecule has 2 rings (SSSR count). The molecule has 148 valence electrons. The lowest BCUT2D eigenvalue weighted by molar-refractivity contribution is -0.153. The van der Waals surface area contributed by atoms with Crippen LogP contribution in [0.2, 0.25) is 0 Å². The first-order valence-electron chi connectivity index (χ1n) is 8.29. The number of benzene rings is 1. The van der Waals surface area contributed by atoms with Crippen molar-refractivity contribution in [2.45, 2.75) is 39.5 Å². The Labute approximate surface area is 155 Å². The zero-order valence-corrected chi connectivity index (χ0v) is 15.6. The number of nitrogens with one attached hydrogen (secondary N) is 1. The quantitative estimate of drug-likeness (QED) is 0.812. The maximum Gasteiger partial charge on any atom is 0.422 e. The van der Waals surface area contributed by atoms with Crippen LogP contribution in [0.25, 0.3) is 0 Å². The maximum absolute atomic E-state index is 12.4. The Bertz CT molecular complexity index is 753.